The molecule has 1 fully saturated rings. The van der Waals surface area contributed by atoms with Crippen molar-refractivity contribution in [1.29, 1.82) is 0 Å². The van der Waals surface area contributed by atoms with Crippen LogP contribution in [0.1, 0.15) is 20.3 Å². The number of nitrogens with zero attached hydrogens (tertiary/aromatic N) is 1. The molecular weight excluding hydrogens is 285 g/mol. The van der Waals surface area contributed by atoms with Gasteiger partial charge in [0.15, 0.2) is 0 Å². The van der Waals surface area contributed by atoms with Crippen LogP contribution in [0.15, 0.2) is 18.2 Å². The Balaban J connectivity index is 2.04. The number of rotatable bonds is 6. The summed E-state index contributed by atoms with van der Waals surface area (Å²) < 4.78 is 19.1. The Morgan fingerprint density at radius 2 is 2.09 bits per heavy atom. The summed E-state index contributed by atoms with van der Waals surface area (Å²) in [6.45, 7) is 7.20. The van der Waals surface area contributed by atoms with Gasteiger partial charge < -0.3 is 20.3 Å². The highest BCUT2D eigenvalue weighted by Gasteiger charge is 2.15. The molecule has 0 saturated carbocycles. The van der Waals surface area contributed by atoms with E-state index in [9.17, 15) is 9.18 Å². The van der Waals surface area contributed by atoms with Crippen LogP contribution in [0.25, 0.3) is 0 Å². The number of hydrogen-bond acceptors (Lipinski definition) is 4. The van der Waals surface area contributed by atoms with Crippen molar-refractivity contribution < 1.29 is 13.9 Å². The van der Waals surface area contributed by atoms with E-state index in [1.165, 1.54) is 12.1 Å². The number of anilines is 2. The third-order valence-corrected chi connectivity index (χ3v) is 3.58. The van der Waals surface area contributed by atoms with Gasteiger partial charge in [-0.05, 0) is 31.5 Å². The second kappa shape index (κ2) is 7.98. The van der Waals surface area contributed by atoms with E-state index in [1.807, 2.05) is 13.0 Å². The monoisotopic (exact) mass is 309 g/mol. The van der Waals surface area contributed by atoms with Crippen LogP contribution < -0.4 is 15.5 Å². The van der Waals surface area contributed by atoms with Crippen molar-refractivity contribution in [3.05, 3.63) is 24.0 Å². The van der Waals surface area contributed by atoms with Gasteiger partial charge in [-0.1, -0.05) is 6.92 Å². The van der Waals surface area contributed by atoms with Crippen LogP contribution in [0, 0.1) is 5.82 Å². The fourth-order valence-electron chi connectivity index (χ4n) is 2.38. The van der Waals surface area contributed by atoms with E-state index in [1.54, 1.807) is 6.92 Å². The Labute approximate surface area is 130 Å². The number of nitrogens with one attached hydrogen (secondary N) is 2. The molecule has 1 aromatic rings. The zero-order valence-corrected chi connectivity index (χ0v) is 13.2. The van der Waals surface area contributed by atoms with Crippen molar-refractivity contribution >= 4 is 17.3 Å². The maximum atomic E-state index is 13.8. The van der Waals surface area contributed by atoms with Crippen LogP contribution in [-0.2, 0) is 9.53 Å². The minimum atomic E-state index is -0.411. The summed E-state index contributed by atoms with van der Waals surface area (Å²) in [6, 6.07) is 4.38. The Bertz CT molecular complexity index is 504. The number of hydrogen-bond donors (Lipinski definition) is 2. The number of ether oxygens (including phenoxy) is 1. The number of benzene rings is 1. The maximum Gasteiger partial charge on any atom is 0.242 e. The molecule has 1 atom stereocenters. The van der Waals surface area contributed by atoms with Crippen molar-refractivity contribution in [3.8, 4) is 0 Å². The molecule has 1 heterocycles. The molecule has 122 valence electrons. The first-order chi connectivity index (χ1) is 10.6. The van der Waals surface area contributed by atoms with Crippen LogP contribution in [0.2, 0.25) is 0 Å². The smallest absolute Gasteiger partial charge is 0.242 e. The molecule has 6 heteroatoms. The second-order valence-corrected chi connectivity index (χ2v) is 5.45. The second-order valence-electron chi connectivity index (χ2n) is 5.45. The lowest BCUT2D eigenvalue weighted by Crippen LogP contribution is -2.38. The van der Waals surface area contributed by atoms with Crippen LogP contribution in [-0.4, -0.2) is 44.8 Å². The van der Waals surface area contributed by atoms with E-state index in [4.69, 9.17) is 4.74 Å². The fraction of sp³-hybridized carbons (Fsp3) is 0.562. The molecule has 0 aromatic heterocycles. The van der Waals surface area contributed by atoms with Crippen molar-refractivity contribution in [2.45, 2.75) is 26.3 Å². The first-order valence-corrected chi connectivity index (χ1v) is 7.77. The zero-order chi connectivity index (χ0) is 15.9. The molecule has 0 radical (unpaired) electrons. The minimum absolute atomic E-state index is 0.0842. The Kier molecular flexibility index (Phi) is 6.00. The average molecular weight is 309 g/mol. The summed E-state index contributed by atoms with van der Waals surface area (Å²) in [6.07, 6.45) is 0.888. The SMILES string of the molecule is CCCNC(=O)[C@H](C)Nc1cc(F)cc(N2CCOCC2)c1. The molecule has 0 aliphatic carbocycles. The summed E-state index contributed by atoms with van der Waals surface area (Å²) in [5.41, 5.74) is 1.42. The first kappa shape index (κ1) is 16.5. The minimum Gasteiger partial charge on any atom is -0.378 e. The number of morpholine rings is 1. The van der Waals surface area contributed by atoms with Gasteiger partial charge in [0.2, 0.25) is 5.91 Å². The van der Waals surface area contributed by atoms with Crippen LogP contribution in [0.4, 0.5) is 15.8 Å². The highest BCUT2D eigenvalue weighted by Crippen LogP contribution is 2.23. The highest BCUT2D eigenvalue weighted by atomic mass is 19.1. The van der Waals surface area contributed by atoms with Crippen LogP contribution in [0.3, 0.4) is 0 Å². The maximum absolute atomic E-state index is 13.8. The lowest BCUT2D eigenvalue weighted by atomic mass is 10.2. The third kappa shape index (κ3) is 4.59. The third-order valence-electron chi connectivity index (χ3n) is 3.58. The predicted molar refractivity (Wildman–Crippen MR) is 85.8 cm³/mol. The molecule has 1 aromatic carbocycles. The Hall–Kier alpha value is -1.82. The average Bonchev–Trinajstić information content (AvgIpc) is 2.52. The van der Waals surface area contributed by atoms with Crippen molar-refractivity contribution in [3.63, 3.8) is 0 Å². The van der Waals surface area contributed by atoms with Gasteiger partial charge >= 0.3 is 0 Å². The normalized spacial score (nSPS) is 16.2. The summed E-state index contributed by atoms with van der Waals surface area (Å²) in [5.74, 6) is -0.397. The lowest BCUT2D eigenvalue weighted by molar-refractivity contribution is -0.121. The van der Waals surface area contributed by atoms with Gasteiger partial charge in [0.05, 0.1) is 13.2 Å². The molecule has 2 N–H and O–H groups in total. The van der Waals surface area contributed by atoms with Crippen LogP contribution in [0.5, 0.6) is 0 Å². The summed E-state index contributed by atoms with van der Waals surface area (Å²) in [5, 5.41) is 5.88. The van der Waals surface area contributed by atoms with E-state index in [-0.39, 0.29) is 11.7 Å². The van der Waals surface area contributed by atoms with Gasteiger partial charge in [0, 0.05) is 31.0 Å². The van der Waals surface area contributed by atoms with Gasteiger partial charge in [-0.25, -0.2) is 4.39 Å². The summed E-state index contributed by atoms with van der Waals surface area (Å²) >= 11 is 0. The molecule has 0 spiro atoms. The first-order valence-electron chi connectivity index (χ1n) is 7.77. The molecule has 22 heavy (non-hydrogen) atoms. The molecule has 1 aliphatic rings. The van der Waals surface area contributed by atoms with E-state index in [0.717, 1.165) is 25.2 Å². The number of halogens is 1. The molecule has 2 rings (SSSR count). The van der Waals surface area contributed by atoms with Gasteiger partial charge in [-0.15, -0.1) is 0 Å². The molecular formula is C16H24FN3O2. The Morgan fingerprint density at radius 1 is 1.36 bits per heavy atom. The molecule has 0 unspecified atom stereocenters. The number of amides is 1. The molecule has 1 saturated heterocycles. The van der Waals surface area contributed by atoms with E-state index >= 15 is 0 Å². The van der Waals surface area contributed by atoms with E-state index in [0.29, 0.717) is 25.4 Å². The van der Waals surface area contributed by atoms with Gasteiger partial charge in [-0.2, -0.15) is 0 Å². The number of carbonyl (C=O) groups excluding carboxylic acids is 1. The fourth-order valence-corrected chi connectivity index (χ4v) is 2.38. The zero-order valence-electron chi connectivity index (χ0n) is 13.2. The highest BCUT2D eigenvalue weighted by molar-refractivity contribution is 5.84. The lowest BCUT2D eigenvalue weighted by Gasteiger charge is -2.29. The molecule has 0 bridgehead atoms. The summed E-state index contributed by atoms with van der Waals surface area (Å²) in [4.78, 5) is 14.0. The van der Waals surface area contributed by atoms with E-state index < -0.39 is 6.04 Å². The molecule has 1 aliphatic heterocycles. The molecule has 5 nitrogen and oxygen atoms in total. The predicted octanol–water partition coefficient (Wildman–Crippen LogP) is 1.99. The van der Waals surface area contributed by atoms with Crippen LogP contribution >= 0.6 is 0 Å². The quantitative estimate of drug-likeness (QED) is 0.844. The van der Waals surface area contributed by atoms with Crippen molar-refractivity contribution in [1.82, 2.24) is 5.32 Å². The number of carbonyl (C=O) groups is 1. The van der Waals surface area contributed by atoms with Gasteiger partial charge in [0.25, 0.3) is 0 Å². The topological polar surface area (TPSA) is 53.6 Å². The summed E-state index contributed by atoms with van der Waals surface area (Å²) in [7, 11) is 0. The standard InChI is InChI=1S/C16H24FN3O2/c1-3-4-18-16(21)12(2)19-14-9-13(17)10-15(11-14)20-5-7-22-8-6-20/h9-12,19H,3-8H2,1-2H3,(H,18,21)/t12-/m0/s1. The van der Waals surface area contributed by atoms with Gasteiger partial charge in [-0.3, -0.25) is 4.79 Å². The van der Waals surface area contributed by atoms with Crippen molar-refractivity contribution in [2.24, 2.45) is 0 Å². The van der Waals surface area contributed by atoms with Gasteiger partial charge in [0.1, 0.15) is 11.9 Å². The van der Waals surface area contributed by atoms with E-state index in [2.05, 4.69) is 15.5 Å². The Morgan fingerprint density at radius 3 is 2.77 bits per heavy atom. The molecule has 1 amide bonds. The van der Waals surface area contributed by atoms with Crippen molar-refractivity contribution in [2.75, 3.05) is 43.1 Å². The largest absolute Gasteiger partial charge is 0.378 e.